The maximum atomic E-state index is 11.9. The summed E-state index contributed by atoms with van der Waals surface area (Å²) in [5.74, 6) is 0.724. The Morgan fingerprint density at radius 3 is 3.00 bits per heavy atom. The smallest absolute Gasteiger partial charge is 0.168 e. The van der Waals surface area contributed by atoms with Gasteiger partial charge in [-0.3, -0.25) is 0 Å². The van der Waals surface area contributed by atoms with Crippen LogP contribution in [-0.4, -0.2) is 12.0 Å². The van der Waals surface area contributed by atoms with Crippen LogP contribution in [0.5, 0.6) is 5.75 Å². The van der Waals surface area contributed by atoms with E-state index in [1.54, 1.807) is 0 Å². The van der Waals surface area contributed by atoms with Gasteiger partial charge in [0.05, 0.1) is 10.9 Å². The molecule has 1 unspecified atom stereocenters. The highest BCUT2D eigenvalue weighted by molar-refractivity contribution is 7.73. The van der Waals surface area contributed by atoms with Crippen LogP contribution in [0.4, 0.5) is 0 Å². The van der Waals surface area contributed by atoms with E-state index in [0.717, 1.165) is 11.1 Å². The highest BCUT2D eigenvalue weighted by Crippen LogP contribution is 2.51. The topological polar surface area (TPSA) is 26.3 Å². The standard InChI is InChI=1S/C8H8ClO2P/c9-5-12(10)6-11-7-3-1-2-4-8(7)12/h1-4H,5-6H2. The van der Waals surface area contributed by atoms with Crippen molar-refractivity contribution in [3.05, 3.63) is 24.3 Å². The minimum absolute atomic E-state index is 0.171. The van der Waals surface area contributed by atoms with Crippen molar-refractivity contribution in [2.45, 2.75) is 0 Å². The first-order valence-corrected chi connectivity index (χ1v) is 6.24. The second kappa shape index (κ2) is 2.79. The van der Waals surface area contributed by atoms with E-state index in [2.05, 4.69) is 0 Å². The largest absolute Gasteiger partial charge is 0.485 e. The summed E-state index contributed by atoms with van der Waals surface area (Å²) in [5, 5.41) is 0.792. The third-order valence-corrected chi connectivity index (χ3v) is 5.26. The van der Waals surface area contributed by atoms with Gasteiger partial charge in [0.1, 0.15) is 12.1 Å². The number of para-hydroxylation sites is 1. The zero-order chi connectivity index (χ0) is 8.60. The Kier molecular flexibility index (Phi) is 1.90. The third kappa shape index (κ3) is 1.07. The maximum absolute atomic E-state index is 11.9. The van der Waals surface area contributed by atoms with Gasteiger partial charge in [0.15, 0.2) is 7.14 Å². The molecule has 1 aromatic rings. The molecular formula is C8H8ClO2P. The summed E-state index contributed by atoms with van der Waals surface area (Å²) >= 11 is 5.63. The summed E-state index contributed by atoms with van der Waals surface area (Å²) in [6, 6.07) is 7.36. The van der Waals surface area contributed by atoms with Crippen LogP contribution in [0.1, 0.15) is 0 Å². The number of alkyl halides is 1. The molecule has 2 nitrogen and oxygen atoms in total. The number of benzene rings is 1. The van der Waals surface area contributed by atoms with Crippen LogP contribution in [0.15, 0.2) is 24.3 Å². The molecule has 1 aliphatic heterocycles. The average Bonchev–Trinajstić information content (AvgIpc) is 2.46. The Bertz CT molecular complexity index is 351. The summed E-state index contributed by atoms with van der Waals surface area (Å²) < 4.78 is 17.2. The zero-order valence-corrected chi connectivity index (χ0v) is 8.02. The van der Waals surface area contributed by atoms with Crippen LogP contribution in [0.2, 0.25) is 0 Å². The number of ether oxygens (including phenoxy) is 1. The number of fused-ring (bicyclic) bond motifs is 1. The van der Waals surface area contributed by atoms with E-state index >= 15 is 0 Å². The van der Waals surface area contributed by atoms with E-state index < -0.39 is 7.14 Å². The molecular weight excluding hydrogens is 195 g/mol. The van der Waals surface area contributed by atoms with Crippen molar-refractivity contribution >= 4 is 24.0 Å². The lowest BCUT2D eigenvalue weighted by molar-refractivity contribution is 0.394. The van der Waals surface area contributed by atoms with Crippen LogP contribution in [0.25, 0.3) is 0 Å². The minimum Gasteiger partial charge on any atom is -0.485 e. The Hall–Kier alpha value is -0.460. The Labute approximate surface area is 75.9 Å². The van der Waals surface area contributed by atoms with Crippen molar-refractivity contribution in [2.24, 2.45) is 0 Å². The molecule has 2 rings (SSSR count). The van der Waals surface area contributed by atoms with Gasteiger partial charge in [-0.05, 0) is 12.1 Å². The maximum Gasteiger partial charge on any atom is 0.168 e. The molecule has 1 atom stereocenters. The predicted octanol–water partition coefficient (Wildman–Crippen LogP) is 2.22. The lowest BCUT2D eigenvalue weighted by Gasteiger charge is -2.03. The van der Waals surface area contributed by atoms with Crippen molar-refractivity contribution in [1.82, 2.24) is 0 Å². The van der Waals surface area contributed by atoms with Crippen LogP contribution in [0.3, 0.4) is 0 Å². The number of rotatable bonds is 1. The third-order valence-electron chi connectivity index (χ3n) is 1.93. The monoisotopic (exact) mass is 202 g/mol. The molecule has 12 heavy (non-hydrogen) atoms. The quantitative estimate of drug-likeness (QED) is 0.516. The molecule has 1 heterocycles. The van der Waals surface area contributed by atoms with Crippen molar-refractivity contribution in [2.75, 3.05) is 12.0 Å². The first-order chi connectivity index (χ1) is 5.76. The Morgan fingerprint density at radius 1 is 1.50 bits per heavy atom. The van der Waals surface area contributed by atoms with E-state index in [-0.39, 0.29) is 12.0 Å². The summed E-state index contributed by atoms with van der Waals surface area (Å²) in [6.45, 7) is 0. The zero-order valence-electron chi connectivity index (χ0n) is 6.37. The second-order valence-electron chi connectivity index (χ2n) is 2.75. The molecule has 0 saturated carbocycles. The molecule has 1 aliphatic rings. The first kappa shape index (κ1) is 8.15. The number of halogens is 1. The summed E-state index contributed by atoms with van der Waals surface area (Å²) in [7, 11) is -2.40. The van der Waals surface area contributed by atoms with Crippen LogP contribution < -0.4 is 10.0 Å². The van der Waals surface area contributed by atoms with Gasteiger partial charge in [-0.15, -0.1) is 11.6 Å². The first-order valence-electron chi connectivity index (χ1n) is 3.63. The Balaban J connectivity index is 2.56. The normalized spacial score (nSPS) is 26.4. The summed E-state index contributed by atoms with van der Waals surface area (Å²) in [5.41, 5.74) is 0.171. The van der Waals surface area contributed by atoms with Crippen molar-refractivity contribution < 1.29 is 9.30 Å². The fourth-order valence-electron chi connectivity index (χ4n) is 1.26. The molecule has 0 spiro atoms. The molecule has 0 saturated heterocycles. The van der Waals surface area contributed by atoms with E-state index in [1.807, 2.05) is 24.3 Å². The van der Waals surface area contributed by atoms with Gasteiger partial charge < -0.3 is 9.30 Å². The van der Waals surface area contributed by atoms with E-state index in [1.165, 1.54) is 0 Å². The molecule has 64 valence electrons. The molecule has 0 aromatic heterocycles. The number of hydrogen-bond donors (Lipinski definition) is 0. The van der Waals surface area contributed by atoms with Crippen molar-refractivity contribution in [1.29, 1.82) is 0 Å². The SMILES string of the molecule is O=P1(CCl)COc2ccccc21. The van der Waals surface area contributed by atoms with Gasteiger partial charge in [0.2, 0.25) is 0 Å². The van der Waals surface area contributed by atoms with Gasteiger partial charge in [-0.1, -0.05) is 12.1 Å². The van der Waals surface area contributed by atoms with E-state index in [9.17, 15) is 4.57 Å². The van der Waals surface area contributed by atoms with Crippen LogP contribution >= 0.6 is 18.7 Å². The molecule has 1 aromatic carbocycles. The lowest BCUT2D eigenvalue weighted by Crippen LogP contribution is -2.00. The van der Waals surface area contributed by atoms with Gasteiger partial charge in [0.25, 0.3) is 0 Å². The molecule has 0 fully saturated rings. The van der Waals surface area contributed by atoms with Crippen LogP contribution in [-0.2, 0) is 4.57 Å². The fourth-order valence-corrected chi connectivity index (χ4v) is 3.43. The minimum atomic E-state index is -2.40. The predicted molar refractivity (Wildman–Crippen MR) is 49.9 cm³/mol. The Morgan fingerprint density at radius 2 is 2.25 bits per heavy atom. The van der Waals surface area contributed by atoms with Gasteiger partial charge in [-0.25, -0.2) is 0 Å². The highest BCUT2D eigenvalue weighted by Gasteiger charge is 2.33. The van der Waals surface area contributed by atoms with Crippen molar-refractivity contribution in [3.63, 3.8) is 0 Å². The molecule has 0 radical (unpaired) electrons. The van der Waals surface area contributed by atoms with Gasteiger partial charge in [-0.2, -0.15) is 0 Å². The summed E-state index contributed by atoms with van der Waals surface area (Å²) in [4.78, 5) is 0. The average molecular weight is 203 g/mol. The molecule has 4 heteroatoms. The lowest BCUT2D eigenvalue weighted by atomic mass is 10.3. The molecule has 0 N–H and O–H groups in total. The van der Waals surface area contributed by atoms with Gasteiger partial charge >= 0.3 is 0 Å². The van der Waals surface area contributed by atoms with Gasteiger partial charge in [0, 0.05) is 0 Å². The van der Waals surface area contributed by atoms with Crippen molar-refractivity contribution in [3.8, 4) is 5.75 Å². The number of hydrogen-bond acceptors (Lipinski definition) is 2. The highest BCUT2D eigenvalue weighted by atomic mass is 35.5. The summed E-state index contributed by atoms with van der Waals surface area (Å²) in [6.07, 6.45) is 0.260. The van der Waals surface area contributed by atoms with Crippen LogP contribution in [0, 0.1) is 0 Å². The molecule has 0 aliphatic carbocycles. The second-order valence-corrected chi connectivity index (χ2v) is 6.22. The van der Waals surface area contributed by atoms with E-state index in [0.29, 0.717) is 0 Å². The molecule has 0 bridgehead atoms. The molecule has 0 amide bonds. The van der Waals surface area contributed by atoms with E-state index in [4.69, 9.17) is 16.3 Å². The fraction of sp³-hybridized carbons (Fsp3) is 0.250.